The predicted molar refractivity (Wildman–Crippen MR) is 76.4 cm³/mol. The first-order valence-electron chi connectivity index (χ1n) is 7.32. The molecule has 0 N–H and O–H groups in total. The van der Waals surface area contributed by atoms with Gasteiger partial charge in [0.05, 0.1) is 13.0 Å². The van der Waals surface area contributed by atoms with Crippen molar-refractivity contribution in [1.29, 1.82) is 0 Å². The lowest BCUT2D eigenvalue weighted by molar-refractivity contribution is -0.145. The molecule has 1 aliphatic rings. The van der Waals surface area contributed by atoms with E-state index in [1.165, 1.54) is 7.11 Å². The highest BCUT2D eigenvalue weighted by molar-refractivity contribution is 5.71. The summed E-state index contributed by atoms with van der Waals surface area (Å²) in [7, 11) is 1.40. The van der Waals surface area contributed by atoms with Crippen molar-refractivity contribution in [2.45, 2.75) is 65.0 Å². The summed E-state index contributed by atoms with van der Waals surface area (Å²) in [6.45, 7) is 8.21. The molecule has 20 heavy (non-hydrogen) atoms. The minimum atomic E-state index is -0.469. The smallest absolute Gasteiger partial charge is 0.410 e. The Morgan fingerprint density at radius 3 is 2.55 bits per heavy atom. The lowest BCUT2D eigenvalue weighted by Crippen LogP contribution is -2.40. The molecule has 1 aliphatic heterocycles. The number of hydrogen-bond acceptors (Lipinski definition) is 4. The van der Waals surface area contributed by atoms with Crippen molar-refractivity contribution in [1.82, 2.24) is 4.90 Å². The molecular weight excluding hydrogens is 258 g/mol. The van der Waals surface area contributed by atoms with Crippen LogP contribution in [0.5, 0.6) is 0 Å². The molecule has 0 aromatic carbocycles. The summed E-state index contributed by atoms with van der Waals surface area (Å²) in [5, 5.41) is 0. The Morgan fingerprint density at radius 2 is 2.00 bits per heavy atom. The van der Waals surface area contributed by atoms with Crippen molar-refractivity contribution in [3.05, 3.63) is 0 Å². The van der Waals surface area contributed by atoms with E-state index in [2.05, 4.69) is 0 Å². The fourth-order valence-corrected chi connectivity index (χ4v) is 2.46. The maximum atomic E-state index is 12.1. The van der Waals surface area contributed by atoms with Gasteiger partial charge in [-0.3, -0.25) is 4.79 Å². The third-order valence-corrected chi connectivity index (χ3v) is 3.54. The highest BCUT2D eigenvalue weighted by atomic mass is 16.6. The van der Waals surface area contributed by atoms with Crippen LogP contribution in [0.25, 0.3) is 0 Å². The third-order valence-electron chi connectivity index (χ3n) is 3.54. The predicted octanol–water partition coefficient (Wildman–Crippen LogP) is 2.98. The Balaban J connectivity index is 2.49. The lowest BCUT2D eigenvalue weighted by atomic mass is 10.0. The molecule has 2 unspecified atom stereocenters. The summed E-state index contributed by atoms with van der Waals surface area (Å²) in [6, 6.07) is 0.178. The van der Waals surface area contributed by atoms with Gasteiger partial charge in [-0.15, -0.1) is 0 Å². The fourth-order valence-electron chi connectivity index (χ4n) is 2.46. The molecule has 0 aliphatic carbocycles. The molecule has 2 atom stereocenters. The Kier molecular flexibility index (Phi) is 5.84. The van der Waals surface area contributed by atoms with Crippen molar-refractivity contribution in [2.24, 2.45) is 5.92 Å². The maximum Gasteiger partial charge on any atom is 0.410 e. The molecule has 0 spiro atoms. The molecule has 0 radical (unpaired) electrons. The summed E-state index contributed by atoms with van der Waals surface area (Å²) in [5.74, 6) is -0.312. The van der Waals surface area contributed by atoms with E-state index >= 15 is 0 Å². The molecule has 1 rings (SSSR count). The van der Waals surface area contributed by atoms with Gasteiger partial charge in [0.1, 0.15) is 5.60 Å². The molecule has 0 aromatic heterocycles. The van der Waals surface area contributed by atoms with Crippen LogP contribution >= 0.6 is 0 Å². The van der Waals surface area contributed by atoms with E-state index in [1.54, 1.807) is 4.90 Å². The standard InChI is InChI=1S/C15H27NO4/c1-11(13(17)19-5)8-9-12-7-6-10-16(12)14(18)20-15(2,3)4/h11-12H,6-10H2,1-5H3. The number of nitrogens with zero attached hydrogens (tertiary/aromatic N) is 1. The average Bonchev–Trinajstić information content (AvgIpc) is 2.81. The third kappa shape index (κ3) is 5.02. The number of esters is 1. The zero-order valence-corrected chi connectivity index (χ0v) is 13.3. The molecule has 5 heteroatoms. The van der Waals surface area contributed by atoms with Crippen LogP contribution in [-0.2, 0) is 14.3 Å². The molecule has 0 aromatic rings. The van der Waals surface area contributed by atoms with Crippen LogP contribution < -0.4 is 0 Å². The largest absolute Gasteiger partial charge is 0.469 e. The van der Waals surface area contributed by atoms with Crippen molar-refractivity contribution in [3.8, 4) is 0 Å². The Hall–Kier alpha value is -1.26. The lowest BCUT2D eigenvalue weighted by Gasteiger charge is -2.29. The van der Waals surface area contributed by atoms with Crippen LogP contribution in [0.2, 0.25) is 0 Å². The van der Waals surface area contributed by atoms with Gasteiger partial charge < -0.3 is 14.4 Å². The van der Waals surface area contributed by atoms with Crippen molar-refractivity contribution >= 4 is 12.1 Å². The maximum absolute atomic E-state index is 12.1. The van der Waals surface area contributed by atoms with Gasteiger partial charge in [0, 0.05) is 12.6 Å². The second-order valence-corrected chi connectivity index (χ2v) is 6.47. The molecule has 116 valence electrons. The number of carbonyl (C=O) groups is 2. The van der Waals surface area contributed by atoms with E-state index in [1.807, 2.05) is 27.7 Å². The van der Waals surface area contributed by atoms with Gasteiger partial charge in [-0.2, -0.15) is 0 Å². The SMILES string of the molecule is COC(=O)C(C)CCC1CCCN1C(=O)OC(C)(C)C. The zero-order valence-electron chi connectivity index (χ0n) is 13.3. The van der Waals surface area contributed by atoms with Crippen molar-refractivity contribution in [2.75, 3.05) is 13.7 Å². The minimum absolute atomic E-state index is 0.124. The van der Waals surface area contributed by atoms with Gasteiger partial charge >= 0.3 is 12.1 Å². The van der Waals surface area contributed by atoms with Crippen LogP contribution in [0.3, 0.4) is 0 Å². The van der Waals surface area contributed by atoms with Crippen LogP contribution in [0.4, 0.5) is 4.79 Å². The molecule has 0 bridgehead atoms. The van der Waals surface area contributed by atoms with Crippen LogP contribution in [0, 0.1) is 5.92 Å². The van der Waals surface area contributed by atoms with Crippen LogP contribution in [0.15, 0.2) is 0 Å². The average molecular weight is 285 g/mol. The minimum Gasteiger partial charge on any atom is -0.469 e. The van der Waals surface area contributed by atoms with Crippen LogP contribution in [0.1, 0.15) is 53.4 Å². The molecule has 0 saturated carbocycles. The highest BCUT2D eigenvalue weighted by Gasteiger charge is 2.32. The number of carbonyl (C=O) groups excluding carboxylic acids is 2. The van der Waals surface area contributed by atoms with E-state index in [9.17, 15) is 9.59 Å². The monoisotopic (exact) mass is 285 g/mol. The summed E-state index contributed by atoms with van der Waals surface area (Å²) in [5.41, 5.74) is -0.469. The normalized spacial score (nSPS) is 20.6. The Labute approximate surface area is 121 Å². The van der Waals surface area contributed by atoms with Gasteiger partial charge in [0.15, 0.2) is 0 Å². The number of ether oxygens (including phenoxy) is 2. The van der Waals surface area contributed by atoms with Gasteiger partial charge in [-0.1, -0.05) is 6.92 Å². The van der Waals surface area contributed by atoms with Gasteiger partial charge in [-0.25, -0.2) is 4.79 Å². The second kappa shape index (κ2) is 6.95. The number of amides is 1. The Bertz CT molecular complexity index is 348. The quantitative estimate of drug-likeness (QED) is 0.745. The highest BCUT2D eigenvalue weighted by Crippen LogP contribution is 2.25. The Morgan fingerprint density at radius 1 is 1.35 bits per heavy atom. The van der Waals surface area contributed by atoms with E-state index < -0.39 is 5.60 Å². The molecular formula is C15H27NO4. The van der Waals surface area contributed by atoms with Crippen LogP contribution in [-0.4, -0.2) is 42.3 Å². The molecule has 1 amide bonds. The summed E-state index contributed by atoms with van der Waals surface area (Å²) in [6.07, 6.45) is 3.28. The first kappa shape index (κ1) is 16.8. The first-order chi connectivity index (χ1) is 9.24. The van der Waals surface area contributed by atoms with Crippen molar-refractivity contribution < 1.29 is 19.1 Å². The summed E-state index contributed by atoms with van der Waals surface area (Å²) < 4.78 is 10.1. The fraction of sp³-hybridized carbons (Fsp3) is 0.867. The summed E-state index contributed by atoms with van der Waals surface area (Å²) >= 11 is 0. The number of rotatable bonds is 4. The van der Waals surface area contributed by atoms with E-state index in [-0.39, 0.29) is 24.0 Å². The van der Waals surface area contributed by atoms with E-state index in [4.69, 9.17) is 9.47 Å². The topological polar surface area (TPSA) is 55.8 Å². The molecule has 1 saturated heterocycles. The van der Waals surface area contributed by atoms with E-state index in [0.717, 1.165) is 32.2 Å². The molecule has 1 heterocycles. The number of methoxy groups -OCH3 is 1. The number of likely N-dealkylation sites (tertiary alicyclic amines) is 1. The number of hydrogen-bond donors (Lipinski definition) is 0. The first-order valence-corrected chi connectivity index (χ1v) is 7.32. The zero-order chi connectivity index (χ0) is 15.3. The van der Waals surface area contributed by atoms with Gasteiger partial charge in [-0.05, 0) is 46.5 Å². The van der Waals surface area contributed by atoms with E-state index in [0.29, 0.717) is 0 Å². The van der Waals surface area contributed by atoms with Gasteiger partial charge in [0.25, 0.3) is 0 Å². The van der Waals surface area contributed by atoms with Crippen molar-refractivity contribution in [3.63, 3.8) is 0 Å². The molecule has 5 nitrogen and oxygen atoms in total. The molecule has 1 fully saturated rings. The van der Waals surface area contributed by atoms with Gasteiger partial charge in [0.2, 0.25) is 0 Å². The second-order valence-electron chi connectivity index (χ2n) is 6.47. The summed E-state index contributed by atoms with van der Waals surface area (Å²) in [4.78, 5) is 25.3.